The molecule has 0 saturated carbocycles. The number of hydrogen-bond donors (Lipinski definition) is 1. The van der Waals surface area contributed by atoms with Gasteiger partial charge in [-0.25, -0.2) is 4.99 Å². The van der Waals surface area contributed by atoms with Crippen molar-refractivity contribution >= 4 is 40.4 Å². The molecule has 1 amide bonds. The average Bonchev–Trinajstić information content (AvgIpc) is 3.09. The summed E-state index contributed by atoms with van der Waals surface area (Å²) in [5.74, 6) is -0.0511. The van der Waals surface area contributed by atoms with E-state index in [0.717, 1.165) is 40.4 Å². The van der Waals surface area contributed by atoms with Crippen molar-refractivity contribution in [1.29, 1.82) is 0 Å². The van der Waals surface area contributed by atoms with E-state index in [1.165, 1.54) is 4.21 Å². The zero-order valence-corrected chi connectivity index (χ0v) is 16.6. The van der Waals surface area contributed by atoms with Gasteiger partial charge in [-0.1, -0.05) is 31.2 Å². The van der Waals surface area contributed by atoms with Gasteiger partial charge in [-0.3, -0.25) is 9.78 Å². The van der Waals surface area contributed by atoms with Crippen molar-refractivity contribution in [2.45, 2.75) is 28.9 Å². The SMILES string of the molecule is CCCCNC(=O)c1ccc2c(c1)N=C(c1ccccn1)c1ccsc1S2.[HH]. The van der Waals surface area contributed by atoms with Crippen LogP contribution in [-0.2, 0) is 0 Å². The van der Waals surface area contributed by atoms with Gasteiger partial charge in [0.25, 0.3) is 5.91 Å². The van der Waals surface area contributed by atoms with Gasteiger partial charge in [0.05, 0.1) is 21.3 Å². The molecule has 138 valence electrons. The number of fused-ring (bicyclic) bond motifs is 2. The first-order valence-corrected chi connectivity index (χ1v) is 10.6. The number of amides is 1. The van der Waals surface area contributed by atoms with Crippen LogP contribution >= 0.6 is 23.1 Å². The molecule has 0 radical (unpaired) electrons. The van der Waals surface area contributed by atoms with Crippen molar-refractivity contribution in [3.63, 3.8) is 0 Å². The van der Waals surface area contributed by atoms with Crippen molar-refractivity contribution in [1.82, 2.24) is 10.3 Å². The van der Waals surface area contributed by atoms with E-state index in [4.69, 9.17) is 4.99 Å². The van der Waals surface area contributed by atoms with Gasteiger partial charge in [-0.05, 0) is 48.2 Å². The van der Waals surface area contributed by atoms with Gasteiger partial charge in [-0.15, -0.1) is 11.3 Å². The first-order valence-electron chi connectivity index (χ1n) is 8.94. The molecule has 1 aliphatic rings. The van der Waals surface area contributed by atoms with Crippen molar-refractivity contribution in [2.75, 3.05) is 6.54 Å². The molecular weight excluding hydrogens is 374 g/mol. The maximum Gasteiger partial charge on any atom is 0.251 e. The summed E-state index contributed by atoms with van der Waals surface area (Å²) in [6, 6.07) is 13.7. The summed E-state index contributed by atoms with van der Waals surface area (Å²) in [4.78, 5) is 22.9. The second-order valence-electron chi connectivity index (χ2n) is 6.19. The van der Waals surface area contributed by atoms with Crippen molar-refractivity contribution in [3.05, 3.63) is 70.9 Å². The maximum atomic E-state index is 12.4. The highest BCUT2D eigenvalue weighted by atomic mass is 32.2. The Kier molecular flexibility index (Phi) is 5.36. The topological polar surface area (TPSA) is 54.4 Å². The molecule has 4 nitrogen and oxygen atoms in total. The number of pyridine rings is 1. The molecule has 2 aromatic heterocycles. The predicted octanol–water partition coefficient (Wildman–Crippen LogP) is 5.55. The van der Waals surface area contributed by atoms with Crippen LogP contribution in [0.3, 0.4) is 0 Å². The average molecular weight is 396 g/mol. The number of unbranched alkanes of at least 4 members (excludes halogenated alkanes) is 1. The highest BCUT2D eigenvalue weighted by Gasteiger charge is 2.21. The molecule has 1 N–H and O–H groups in total. The summed E-state index contributed by atoms with van der Waals surface area (Å²) >= 11 is 3.39. The number of benzene rings is 1. The molecule has 3 heterocycles. The summed E-state index contributed by atoms with van der Waals surface area (Å²) in [7, 11) is 0. The van der Waals surface area contributed by atoms with Crippen LogP contribution in [0, 0.1) is 0 Å². The third kappa shape index (κ3) is 3.82. The number of aliphatic imine (C=N–C) groups is 1. The van der Waals surface area contributed by atoms with Crippen LogP contribution in [0.1, 0.15) is 42.8 Å². The van der Waals surface area contributed by atoms with Crippen LogP contribution in [-0.4, -0.2) is 23.1 Å². The highest BCUT2D eigenvalue weighted by Crippen LogP contribution is 2.43. The number of thiophene rings is 1. The Morgan fingerprint density at radius 2 is 2.15 bits per heavy atom. The number of carbonyl (C=O) groups excluding carboxylic acids is 1. The molecule has 0 unspecified atom stereocenters. The molecule has 6 heteroatoms. The number of rotatable bonds is 5. The Hall–Kier alpha value is -2.44. The lowest BCUT2D eigenvalue weighted by Crippen LogP contribution is -2.24. The van der Waals surface area contributed by atoms with Crippen LogP contribution in [0.4, 0.5) is 5.69 Å². The van der Waals surface area contributed by atoms with E-state index >= 15 is 0 Å². The Labute approximate surface area is 168 Å². The Balaban J connectivity index is 0.00000225. The quantitative estimate of drug-likeness (QED) is 0.451. The smallest absolute Gasteiger partial charge is 0.251 e. The molecule has 3 aromatic rings. The molecule has 1 aromatic carbocycles. The zero-order chi connectivity index (χ0) is 18.6. The van der Waals surface area contributed by atoms with Crippen LogP contribution in [0.5, 0.6) is 0 Å². The van der Waals surface area contributed by atoms with Gasteiger partial charge in [0.2, 0.25) is 0 Å². The molecule has 0 saturated heterocycles. The molecule has 0 fully saturated rings. The predicted molar refractivity (Wildman–Crippen MR) is 114 cm³/mol. The van der Waals surface area contributed by atoms with E-state index in [-0.39, 0.29) is 7.33 Å². The van der Waals surface area contributed by atoms with Crippen molar-refractivity contribution < 1.29 is 6.22 Å². The molecule has 0 atom stereocenters. The lowest BCUT2D eigenvalue weighted by atomic mass is 10.1. The molecule has 0 aliphatic carbocycles. The number of nitrogens with zero attached hydrogens (tertiary/aromatic N) is 2. The molecule has 1 aliphatic heterocycles. The van der Waals surface area contributed by atoms with Crippen molar-refractivity contribution in [3.8, 4) is 0 Å². The second kappa shape index (κ2) is 8.06. The van der Waals surface area contributed by atoms with Gasteiger partial charge in [0, 0.05) is 30.2 Å². The van der Waals surface area contributed by atoms with E-state index < -0.39 is 0 Å². The summed E-state index contributed by atoms with van der Waals surface area (Å²) in [6.45, 7) is 2.80. The molecule has 0 bridgehead atoms. The third-order valence-corrected chi connectivity index (χ3v) is 6.48. The van der Waals surface area contributed by atoms with E-state index in [0.29, 0.717) is 12.1 Å². The lowest BCUT2D eigenvalue weighted by Gasteiger charge is -2.08. The molecule has 0 spiro atoms. The Morgan fingerprint density at radius 1 is 1.22 bits per heavy atom. The first kappa shape index (κ1) is 17.9. The fourth-order valence-corrected chi connectivity index (χ4v) is 4.91. The summed E-state index contributed by atoms with van der Waals surface area (Å²) in [6.07, 6.45) is 3.82. The summed E-state index contributed by atoms with van der Waals surface area (Å²) in [5, 5.41) is 5.05. The fourth-order valence-electron chi connectivity index (χ4n) is 2.84. The number of nitrogens with one attached hydrogen (secondary N) is 1. The third-order valence-electron chi connectivity index (χ3n) is 4.26. The first-order chi connectivity index (χ1) is 13.3. The van der Waals surface area contributed by atoms with Crippen LogP contribution in [0.25, 0.3) is 0 Å². The zero-order valence-electron chi connectivity index (χ0n) is 14.9. The van der Waals surface area contributed by atoms with E-state index in [2.05, 4.69) is 28.7 Å². The normalized spacial score (nSPS) is 12.6. The van der Waals surface area contributed by atoms with Gasteiger partial charge in [0.15, 0.2) is 0 Å². The monoisotopic (exact) mass is 395 g/mol. The van der Waals surface area contributed by atoms with Gasteiger partial charge >= 0.3 is 0 Å². The number of carbonyl (C=O) groups is 1. The highest BCUT2D eigenvalue weighted by molar-refractivity contribution is 8.01. The minimum absolute atomic E-state index is 0. The minimum Gasteiger partial charge on any atom is -0.352 e. The molecule has 27 heavy (non-hydrogen) atoms. The van der Waals surface area contributed by atoms with E-state index in [1.807, 2.05) is 36.4 Å². The van der Waals surface area contributed by atoms with Crippen molar-refractivity contribution in [2.24, 2.45) is 4.99 Å². The standard InChI is InChI=1S/C21H19N3OS2.H2/c1-2-3-10-23-20(25)14-7-8-18-17(13-14)24-19(16-6-4-5-11-22-16)15-9-12-26-21(15)27-18;/h4-9,11-13H,2-3,10H2,1H3,(H,23,25);1H. The second-order valence-corrected chi connectivity index (χ2v) is 8.42. The van der Waals surface area contributed by atoms with Gasteiger partial charge < -0.3 is 5.32 Å². The molecular formula is C21H21N3OS2. The largest absolute Gasteiger partial charge is 0.352 e. The van der Waals surface area contributed by atoms with Gasteiger partial charge in [-0.2, -0.15) is 0 Å². The fraction of sp³-hybridized carbons (Fsp3) is 0.190. The van der Waals surface area contributed by atoms with Crippen LogP contribution in [0.15, 0.2) is 68.1 Å². The molecule has 4 rings (SSSR count). The Morgan fingerprint density at radius 3 is 2.96 bits per heavy atom. The number of aromatic nitrogens is 1. The summed E-state index contributed by atoms with van der Waals surface area (Å²) < 4.78 is 1.19. The van der Waals surface area contributed by atoms with Crippen LogP contribution in [0.2, 0.25) is 0 Å². The van der Waals surface area contributed by atoms with E-state index in [1.54, 1.807) is 29.3 Å². The number of hydrogen-bond acceptors (Lipinski definition) is 5. The van der Waals surface area contributed by atoms with Gasteiger partial charge in [0.1, 0.15) is 0 Å². The Bertz CT molecular complexity index is 1000. The lowest BCUT2D eigenvalue weighted by molar-refractivity contribution is 0.0953. The minimum atomic E-state index is -0.0511. The van der Waals surface area contributed by atoms with Crippen LogP contribution < -0.4 is 5.32 Å². The summed E-state index contributed by atoms with van der Waals surface area (Å²) in [5.41, 5.74) is 4.23. The van der Waals surface area contributed by atoms with E-state index in [9.17, 15) is 4.79 Å². The maximum absolute atomic E-state index is 12.4.